The number of carboxylic acid groups (broad SMARTS) is 1. The Balaban J connectivity index is 2.09. The van der Waals surface area contributed by atoms with Gasteiger partial charge in [-0.3, -0.25) is 14.9 Å². The SMILES string of the molecule is CC(NCC(=O)NCCCc1ccccc1)C(=O)O. The first-order valence-corrected chi connectivity index (χ1v) is 6.36. The number of aliphatic carboxylic acids is 1. The fourth-order valence-electron chi connectivity index (χ4n) is 1.56. The van der Waals surface area contributed by atoms with Gasteiger partial charge < -0.3 is 10.4 Å². The Morgan fingerprint density at radius 3 is 2.58 bits per heavy atom. The van der Waals surface area contributed by atoms with Gasteiger partial charge in [-0.25, -0.2) is 0 Å². The second-order valence-electron chi connectivity index (χ2n) is 4.38. The first-order chi connectivity index (χ1) is 9.09. The Morgan fingerprint density at radius 2 is 1.95 bits per heavy atom. The minimum atomic E-state index is -0.961. The highest BCUT2D eigenvalue weighted by Crippen LogP contribution is 2.01. The average molecular weight is 264 g/mol. The van der Waals surface area contributed by atoms with E-state index in [1.165, 1.54) is 12.5 Å². The lowest BCUT2D eigenvalue weighted by atomic mass is 10.1. The molecule has 0 fully saturated rings. The molecular weight excluding hydrogens is 244 g/mol. The molecule has 1 atom stereocenters. The molecular formula is C14H20N2O3. The minimum Gasteiger partial charge on any atom is -0.480 e. The normalized spacial score (nSPS) is 11.8. The maximum atomic E-state index is 11.4. The number of hydrogen-bond donors (Lipinski definition) is 3. The highest BCUT2D eigenvalue weighted by Gasteiger charge is 2.11. The van der Waals surface area contributed by atoms with Crippen LogP contribution in [0.1, 0.15) is 18.9 Å². The molecule has 1 unspecified atom stereocenters. The summed E-state index contributed by atoms with van der Waals surface area (Å²) in [5, 5.41) is 14.0. The first kappa shape index (κ1) is 15.2. The van der Waals surface area contributed by atoms with Crippen molar-refractivity contribution < 1.29 is 14.7 Å². The number of hydrogen-bond acceptors (Lipinski definition) is 3. The van der Waals surface area contributed by atoms with Crippen LogP contribution >= 0.6 is 0 Å². The van der Waals surface area contributed by atoms with E-state index in [9.17, 15) is 9.59 Å². The maximum absolute atomic E-state index is 11.4. The third-order valence-corrected chi connectivity index (χ3v) is 2.75. The van der Waals surface area contributed by atoms with Gasteiger partial charge in [0.05, 0.1) is 6.54 Å². The van der Waals surface area contributed by atoms with Gasteiger partial charge >= 0.3 is 5.97 Å². The smallest absolute Gasteiger partial charge is 0.320 e. The van der Waals surface area contributed by atoms with Crippen molar-refractivity contribution in [1.29, 1.82) is 0 Å². The van der Waals surface area contributed by atoms with Gasteiger partial charge in [0, 0.05) is 6.54 Å². The fourth-order valence-corrected chi connectivity index (χ4v) is 1.56. The zero-order chi connectivity index (χ0) is 14.1. The van der Waals surface area contributed by atoms with Gasteiger partial charge in [-0.15, -0.1) is 0 Å². The third-order valence-electron chi connectivity index (χ3n) is 2.75. The van der Waals surface area contributed by atoms with Crippen LogP contribution in [0.5, 0.6) is 0 Å². The molecule has 1 aromatic rings. The number of carbonyl (C=O) groups is 2. The summed E-state index contributed by atoms with van der Waals surface area (Å²) in [5.74, 6) is -1.14. The first-order valence-electron chi connectivity index (χ1n) is 6.36. The lowest BCUT2D eigenvalue weighted by Gasteiger charge is -2.09. The van der Waals surface area contributed by atoms with Crippen LogP contribution in [0.2, 0.25) is 0 Å². The minimum absolute atomic E-state index is 0.0266. The summed E-state index contributed by atoms with van der Waals surface area (Å²) >= 11 is 0. The molecule has 0 saturated carbocycles. The Kier molecular flexibility index (Phi) is 6.60. The van der Waals surface area contributed by atoms with Crippen molar-refractivity contribution >= 4 is 11.9 Å². The third kappa shape index (κ3) is 6.57. The van der Waals surface area contributed by atoms with E-state index in [2.05, 4.69) is 22.8 Å². The number of rotatable bonds is 8. The van der Waals surface area contributed by atoms with Gasteiger partial charge in [0.1, 0.15) is 6.04 Å². The second-order valence-corrected chi connectivity index (χ2v) is 4.38. The van der Waals surface area contributed by atoms with Crippen LogP contribution in [0, 0.1) is 0 Å². The lowest BCUT2D eigenvalue weighted by Crippen LogP contribution is -2.41. The molecule has 1 aromatic carbocycles. The molecule has 3 N–H and O–H groups in total. The molecule has 0 radical (unpaired) electrons. The molecule has 104 valence electrons. The van der Waals surface area contributed by atoms with E-state index >= 15 is 0 Å². The van der Waals surface area contributed by atoms with Gasteiger partial charge in [0.2, 0.25) is 5.91 Å². The number of aryl methyl sites for hydroxylation is 1. The van der Waals surface area contributed by atoms with Crippen molar-refractivity contribution in [2.24, 2.45) is 0 Å². The van der Waals surface area contributed by atoms with E-state index in [0.717, 1.165) is 12.8 Å². The molecule has 0 aliphatic carbocycles. The van der Waals surface area contributed by atoms with Gasteiger partial charge in [-0.2, -0.15) is 0 Å². The number of carboxylic acids is 1. The summed E-state index contributed by atoms with van der Waals surface area (Å²) in [7, 11) is 0. The van der Waals surface area contributed by atoms with E-state index in [1.54, 1.807) is 0 Å². The van der Waals surface area contributed by atoms with Crippen molar-refractivity contribution in [2.75, 3.05) is 13.1 Å². The molecule has 0 saturated heterocycles. The van der Waals surface area contributed by atoms with E-state index in [4.69, 9.17) is 5.11 Å². The van der Waals surface area contributed by atoms with Crippen LogP contribution in [0.3, 0.4) is 0 Å². The molecule has 0 spiro atoms. The van der Waals surface area contributed by atoms with E-state index in [-0.39, 0.29) is 12.5 Å². The highest BCUT2D eigenvalue weighted by atomic mass is 16.4. The molecule has 19 heavy (non-hydrogen) atoms. The van der Waals surface area contributed by atoms with Gasteiger partial charge in [0.25, 0.3) is 0 Å². The van der Waals surface area contributed by atoms with Gasteiger partial charge in [-0.1, -0.05) is 30.3 Å². The van der Waals surface area contributed by atoms with Gasteiger partial charge in [-0.05, 0) is 25.3 Å². The molecule has 0 aliphatic rings. The predicted molar refractivity (Wildman–Crippen MR) is 72.9 cm³/mol. The summed E-state index contributed by atoms with van der Waals surface area (Å²) in [6.45, 7) is 2.13. The predicted octanol–water partition coefficient (Wildman–Crippen LogP) is 0.798. The monoisotopic (exact) mass is 264 g/mol. The molecule has 0 heterocycles. The second kappa shape index (κ2) is 8.26. The average Bonchev–Trinajstić information content (AvgIpc) is 2.42. The van der Waals surface area contributed by atoms with Crippen molar-refractivity contribution in [3.63, 3.8) is 0 Å². The summed E-state index contributed by atoms with van der Waals surface area (Å²) < 4.78 is 0. The highest BCUT2D eigenvalue weighted by molar-refractivity contribution is 5.79. The van der Waals surface area contributed by atoms with E-state index in [0.29, 0.717) is 6.54 Å². The summed E-state index contributed by atoms with van der Waals surface area (Å²) in [5.41, 5.74) is 1.24. The molecule has 1 rings (SSSR count). The molecule has 0 aromatic heterocycles. The van der Waals surface area contributed by atoms with Crippen LogP contribution in [0.15, 0.2) is 30.3 Å². The topological polar surface area (TPSA) is 78.4 Å². The van der Waals surface area contributed by atoms with E-state index < -0.39 is 12.0 Å². The van der Waals surface area contributed by atoms with E-state index in [1.807, 2.05) is 18.2 Å². The van der Waals surface area contributed by atoms with Crippen LogP contribution < -0.4 is 10.6 Å². The van der Waals surface area contributed by atoms with Crippen molar-refractivity contribution in [2.45, 2.75) is 25.8 Å². The number of amides is 1. The molecule has 1 amide bonds. The standard InChI is InChI=1S/C14H20N2O3/c1-11(14(18)19)16-10-13(17)15-9-5-8-12-6-3-2-4-7-12/h2-4,6-7,11,16H,5,8-10H2,1H3,(H,15,17)(H,18,19). The van der Waals surface area contributed by atoms with Crippen LogP contribution in [-0.2, 0) is 16.0 Å². The summed E-state index contributed by atoms with van der Waals surface area (Å²) in [6, 6.07) is 9.35. The molecule has 0 bridgehead atoms. The Hall–Kier alpha value is -1.88. The van der Waals surface area contributed by atoms with Crippen molar-refractivity contribution in [3.05, 3.63) is 35.9 Å². The quantitative estimate of drug-likeness (QED) is 0.607. The lowest BCUT2D eigenvalue weighted by molar-refractivity contribution is -0.139. The molecule has 5 nitrogen and oxygen atoms in total. The molecule has 5 heteroatoms. The summed E-state index contributed by atoms with van der Waals surface area (Å²) in [6.07, 6.45) is 1.78. The number of benzene rings is 1. The van der Waals surface area contributed by atoms with Crippen LogP contribution in [-0.4, -0.2) is 36.1 Å². The maximum Gasteiger partial charge on any atom is 0.320 e. The van der Waals surface area contributed by atoms with Crippen LogP contribution in [0.4, 0.5) is 0 Å². The van der Waals surface area contributed by atoms with Gasteiger partial charge in [0.15, 0.2) is 0 Å². The fraction of sp³-hybridized carbons (Fsp3) is 0.429. The molecule has 0 aliphatic heterocycles. The Labute approximate surface area is 113 Å². The number of carbonyl (C=O) groups excluding carboxylic acids is 1. The zero-order valence-electron chi connectivity index (χ0n) is 11.1. The van der Waals surface area contributed by atoms with Crippen molar-refractivity contribution in [3.8, 4) is 0 Å². The number of nitrogens with one attached hydrogen (secondary N) is 2. The Bertz CT molecular complexity index is 406. The largest absolute Gasteiger partial charge is 0.480 e. The Morgan fingerprint density at radius 1 is 1.26 bits per heavy atom. The summed E-state index contributed by atoms with van der Waals surface area (Å²) in [4.78, 5) is 21.9. The van der Waals surface area contributed by atoms with Crippen LogP contribution in [0.25, 0.3) is 0 Å². The van der Waals surface area contributed by atoms with Crippen molar-refractivity contribution in [1.82, 2.24) is 10.6 Å². The zero-order valence-corrected chi connectivity index (χ0v) is 11.1.